The van der Waals surface area contributed by atoms with Crippen LogP contribution in [0.4, 0.5) is 0 Å². The van der Waals surface area contributed by atoms with Crippen LogP contribution in [0.2, 0.25) is 0 Å². The van der Waals surface area contributed by atoms with Crippen LogP contribution in [0, 0.1) is 0 Å². The van der Waals surface area contributed by atoms with Crippen molar-refractivity contribution in [2.75, 3.05) is 20.0 Å². The fourth-order valence-electron chi connectivity index (χ4n) is 2.25. The molecule has 0 saturated carbocycles. The van der Waals surface area contributed by atoms with E-state index in [0.29, 0.717) is 11.1 Å². The first-order valence-corrected chi connectivity index (χ1v) is 8.51. The number of aromatic nitrogens is 2. The van der Waals surface area contributed by atoms with Crippen LogP contribution in [-0.4, -0.2) is 30.2 Å². The third-order valence-electron chi connectivity index (χ3n) is 3.52. The third-order valence-corrected chi connectivity index (χ3v) is 4.34. The largest absolute Gasteiger partial charge is 0.497 e. The number of hydrogen-bond acceptors (Lipinski definition) is 6. The van der Waals surface area contributed by atoms with Crippen molar-refractivity contribution in [3.05, 3.63) is 54.1 Å². The summed E-state index contributed by atoms with van der Waals surface area (Å²) in [7, 11) is 3.29. The van der Waals surface area contributed by atoms with Crippen LogP contribution in [0.3, 0.4) is 0 Å². The van der Waals surface area contributed by atoms with Crippen molar-refractivity contribution in [3.8, 4) is 23.0 Å². The fourth-order valence-corrected chi connectivity index (χ4v) is 3.00. The van der Waals surface area contributed by atoms with E-state index in [1.807, 2.05) is 36.4 Å². The summed E-state index contributed by atoms with van der Waals surface area (Å²) in [5.41, 5.74) is 2.04. The number of hydrogen-bond donors (Lipinski definition) is 0. The van der Waals surface area contributed by atoms with E-state index in [1.165, 1.54) is 5.56 Å². The molecule has 0 N–H and O–H groups in total. The lowest BCUT2D eigenvalue weighted by Gasteiger charge is -2.03. The van der Waals surface area contributed by atoms with Crippen LogP contribution in [0.15, 0.2) is 58.2 Å². The summed E-state index contributed by atoms with van der Waals surface area (Å²) in [6.45, 7) is 0. The molecule has 0 amide bonds. The molecule has 0 aliphatic rings. The first-order valence-electron chi connectivity index (χ1n) is 7.53. The Morgan fingerprint density at radius 2 is 1.75 bits per heavy atom. The fraction of sp³-hybridized carbons (Fsp3) is 0.222. The van der Waals surface area contributed by atoms with Crippen molar-refractivity contribution >= 4 is 11.8 Å². The van der Waals surface area contributed by atoms with Crippen molar-refractivity contribution in [2.45, 2.75) is 11.6 Å². The Morgan fingerprint density at radius 3 is 2.50 bits per heavy atom. The van der Waals surface area contributed by atoms with E-state index in [-0.39, 0.29) is 0 Å². The van der Waals surface area contributed by atoms with E-state index in [2.05, 4.69) is 22.3 Å². The maximum atomic E-state index is 5.73. The molecule has 5 nitrogen and oxygen atoms in total. The number of nitrogens with zero attached hydrogens (tertiary/aromatic N) is 2. The minimum atomic E-state index is 0.472. The van der Waals surface area contributed by atoms with Crippen molar-refractivity contribution in [2.24, 2.45) is 0 Å². The van der Waals surface area contributed by atoms with Gasteiger partial charge in [-0.2, -0.15) is 0 Å². The van der Waals surface area contributed by atoms with E-state index >= 15 is 0 Å². The SMILES string of the molecule is COc1ccc(CCSc2nnc(-c3ccccc3OC)o2)cc1. The van der Waals surface area contributed by atoms with Crippen LogP contribution in [0.5, 0.6) is 11.5 Å². The lowest BCUT2D eigenvalue weighted by molar-refractivity contribution is 0.411. The molecule has 3 rings (SSSR count). The molecule has 0 spiro atoms. The molecule has 0 fully saturated rings. The predicted octanol–water partition coefficient (Wildman–Crippen LogP) is 4.09. The van der Waals surface area contributed by atoms with Gasteiger partial charge in [-0.25, -0.2) is 0 Å². The summed E-state index contributed by atoms with van der Waals surface area (Å²) >= 11 is 1.54. The number of methoxy groups -OCH3 is 2. The van der Waals surface area contributed by atoms with Gasteiger partial charge in [0.15, 0.2) is 0 Å². The first-order chi connectivity index (χ1) is 11.8. The van der Waals surface area contributed by atoms with Gasteiger partial charge in [0, 0.05) is 5.75 Å². The van der Waals surface area contributed by atoms with Gasteiger partial charge in [0.2, 0.25) is 0 Å². The average molecular weight is 342 g/mol. The minimum Gasteiger partial charge on any atom is -0.497 e. The molecule has 2 aromatic carbocycles. The summed E-state index contributed by atoms with van der Waals surface area (Å²) in [4.78, 5) is 0. The molecule has 1 heterocycles. The van der Waals surface area contributed by atoms with Gasteiger partial charge < -0.3 is 13.9 Å². The summed E-state index contributed by atoms with van der Waals surface area (Å²) in [5, 5.41) is 8.77. The molecule has 124 valence electrons. The molecule has 0 radical (unpaired) electrons. The maximum absolute atomic E-state index is 5.73. The molecular weight excluding hydrogens is 324 g/mol. The quantitative estimate of drug-likeness (QED) is 0.603. The molecule has 24 heavy (non-hydrogen) atoms. The first kappa shape index (κ1) is 16.4. The molecule has 0 saturated heterocycles. The zero-order valence-corrected chi connectivity index (χ0v) is 14.4. The van der Waals surface area contributed by atoms with E-state index in [4.69, 9.17) is 13.9 Å². The van der Waals surface area contributed by atoms with Gasteiger partial charge in [-0.3, -0.25) is 0 Å². The number of aryl methyl sites for hydroxylation is 1. The standard InChI is InChI=1S/C18H18N2O3S/c1-21-14-9-7-13(8-10-14)11-12-24-18-20-19-17(23-18)15-5-3-4-6-16(15)22-2/h3-10H,11-12H2,1-2H3. The zero-order chi connectivity index (χ0) is 16.8. The average Bonchev–Trinajstić information content (AvgIpc) is 3.11. The van der Waals surface area contributed by atoms with Gasteiger partial charge in [0.05, 0.1) is 19.8 Å². The Labute approximate surface area is 145 Å². The molecule has 0 unspecified atom stereocenters. The van der Waals surface area contributed by atoms with Gasteiger partial charge in [-0.05, 0) is 36.2 Å². The summed E-state index contributed by atoms with van der Waals surface area (Å²) in [6.07, 6.45) is 0.918. The van der Waals surface area contributed by atoms with E-state index in [9.17, 15) is 0 Å². The zero-order valence-electron chi connectivity index (χ0n) is 13.6. The monoisotopic (exact) mass is 342 g/mol. The highest BCUT2D eigenvalue weighted by molar-refractivity contribution is 7.99. The molecule has 0 aliphatic heterocycles. The number of thioether (sulfide) groups is 1. The van der Waals surface area contributed by atoms with Crippen LogP contribution in [-0.2, 0) is 6.42 Å². The molecule has 1 aromatic heterocycles. The second-order valence-corrected chi connectivity index (χ2v) is 6.07. The molecule has 6 heteroatoms. The maximum Gasteiger partial charge on any atom is 0.276 e. The van der Waals surface area contributed by atoms with Gasteiger partial charge in [0.25, 0.3) is 11.1 Å². The summed E-state index contributed by atoms with van der Waals surface area (Å²) in [6, 6.07) is 15.6. The van der Waals surface area contributed by atoms with Crippen molar-refractivity contribution in [3.63, 3.8) is 0 Å². The Morgan fingerprint density at radius 1 is 0.958 bits per heavy atom. The van der Waals surface area contributed by atoms with Gasteiger partial charge in [0.1, 0.15) is 11.5 Å². The van der Waals surface area contributed by atoms with Gasteiger partial charge in [-0.1, -0.05) is 36.0 Å². The molecule has 0 atom stereocenters. The van der Waals surface area contributed by atoms with Crippen LogP contribution < -0.4 is 9.47 Å². The number of ether oxygens (including phenoxy) is 2. The second-order valence-electron chi connectivity index (χ2n) is 5.02. The third kappa shape index (κ3) is 3.89. The van der Waals surface area contributed by atoms with Crippen LogP contribution in [0.25, 0.3) is 11.5 Å². The number of rotatable bonds is 7. The molecule has 3 aromatic rings. The molecule has 0 aliphatic carbocycles. The van der Waals surface area contributed by atoms with E-state index in [1.54, 1.807) is 26.0 Å². The van der Waals surface area contributed by atoms with Gasteiger partial charge in [-0.15, -0.1) is 10.2 Å². The Bertz CT molecular complexity index is 787. The molecule has 0 bridgehead atoms. The van der Waals surface area contributed by atoms with Crippen LogP contribution in [0.1, 0.15) is 5.56 Å². The van der Waals surface area contributed by atoms with Crippen LogP contribution >= 0.6 is 11.8 Å². The van der Waals surface area contributed by atoms with Crippen molar-refractivity contribution in [1.82, 2.24) is 10.2 Å². The Kier molecular flexibility index (Phi) is 5.38. The van der Waals surface area contributed by atoms with E-state index < -0.39 is 0 Å². The Hall–Kier alpha value is -2.47. The smallest absolute Gasteiger partial charge is 0.276 e. The van der Waals surface area contributed by atoms with Gasteiger partial charge >= 0.3 is 0 Å². The predicted molar refractivity (Wildman–Crippen MR) is 93.7 cm³/mol. The topological polar surface area (TPSA) is 57.4 Å². The minimum absolute atomic E-state index is 0.472. The highest BCUT2D eigenvalue weighted by atomic mass is 32.2. The summed E-state index contributed by atoms with van der Waals surface area (Å²) < 4.78 is 16.2. The van der Waals surface area contributed by atoms with E-state index in [0.717, 1.165) is 29.2 Å². The number of benzene rings is 2. The normalized spacial score (nSPS) is 10.6. The molecular formula is C18H18N2O3S. The highest BCUT2D eigenvalue weighted by Gasteiger charge is 2.13. The highest BCUT2D eigenvalue weighted by Crippen LogP contribution is 2.30. The number of para-hydroxylation sites is 1. The van der Waals surface area contributed by atoms with Crippen molar-refractivity contribution < 1.29 is 13.9 Å². The lowest BCUT2D eigenvalue weighted by Crippen LogP contribution is -1.89. The second kappa shape index (κ2) is 7.88. The Balaban J connectivity index is 1.59. The summed E-state index contributed by atoms with van der Waals surface area (Å²) in [5.74, 6) is 2.92. The van der Waals surface area contributed by atoms with Crippen molar-refractivity contribution in [1.29, 1.82) is 0 Å². The lowest BCUT2D eigenvalue weighted by atomic mass is 10.2.